The number of ether oxygens (including phenoxy) is 1. The van der Waals surface area contributed by atoms with Crippen molar-refractivity contribution in [3.8, 4) is 5.75 Å². The summed E-state index contributed by atoms with van der Waals surface area (Å²) in [5, 5.41) is 4.74. The third kappa shape index (κ3) is 4.07. The van der Waals surface area contributed by atoms with E-state index in [1.807, 2.05) is 0 Å². The molecule has 1 fully saturated rings. The second kappa shape index (κ2) is 7.23. The van der Waals surface area contributed by atoms with E-state index in [2.05, 4.69) is 10.6 Å². The van der Waals surface area contributed by atoms with Crippen LogP contribution in [0.4, 0.5) is 4.39 Å². The largest absolute Gasteiger partial charge is 0.488 e. The van der Waals surface area contributed by atoms with Crippen molar-refractivity contribution in [3.63, 3.8) is 0 Å². The summed E-state index contributed by atoms with van der Waals surface area (Å²) in [6, 6.07) is 12.9. The first-order chi connectivity index (χ1) is 12.0. The van der Waals surface area contributed by atoms with Crippen molar-refractivity contribution in [2.75, 3.05) is 0 Å². The van der Waals surface area contributed by atoms with Crippen molar-refractivity contribution < 1.29 is 18.7 Å². The minimum atomic E-state index is -0.568. The Balaban J connectivity index is 1.82. The Bertz CT molecular complexity index is 856. The van der Waals surface area contributed by atoms with Crippen molar-refractivity contribution in [2.45, 2.75) is 6.61 Å². The zero-order chi connectivity index (χ0) is 17.8. The van der Waals surface area contributed by atoms with E-state index in [4.69, 9.17) is 17.0 Å². The Kier molecular flexibility index (Phi) is 4.85. The lowest BCUT2D eigenvalue weighted by Crippen LogP contribution is -2.51. The van der Waals surface area contributed by atoms with Gasteiger partial charge in [0.2, 0.25) is 0 Å². The van der Waals surface area contributed by atoms with Gasteiger partial charge in [-0.3, -0.25) is 20.2 Å². The summed E-state index contributed by atoms with van der Waals surface area (Å²) >= 11 is 4.77. The first-order valence-corrected chi connectivity index (χ1v) is 7.78. The van der Waals surface area contributed by atoms with E-state index in [9.17, 15) is 14.0 Å². The topological polar surface area (TPSA) is 67.4 Å². The highest BCUT2D eigenvalue weighted by molar-refractivity contribution is 7.80. The number of halogens is 1. The molecular weight excluding hydrogens is 343 g/mol. The molecule has 1 aliphatic heterocycles. The molecule has 0 atom stereocenters. The van der Waals surface area contributed by atoms with Crippen LogP contribution in [0.25, 0.3) is 6.08 Å². The number of thiocarbonyl (C=S) groups is 1. The van der Waals surface area contributed by atoms with Crippen LogP contribution in [0.5, 0.6) is 5.75 Å². The SMILES string of the molecule is O=C1NC(=S)NC(=O)C1=Cc1ccccc1OCc1ccc(F)cc1. The lowest BCUT2D eigenvalue weighted by molar-refractivity contribution is -0.123. The van der Waals surface area contributed by atoms with Gasteiger partial charge in [-0.2, -0.15) is 0 Å². The van der Waals surface area contributed by atoms with Crippen molar-refractivity contribution in [1.29, 1.82) is 0 Å². The average Bonchev–Trinajstić information content (AvgIpc) is 2.58. The molecule has 2 aromatic carbocycles. The zero-order valence-corrected chi connectivity index (χ0v) is 13.7. The van der Waals surface area contributed by atoms with Crippen molar-refractivity contribution >= 4 is 35.2 Å². The summed E-state index contributed by atoms with van der Waals surface area (Å²) in [6.07, 6.45) is 1.44. The molecule has 0 aromatic heterocycles. The Hall–Kier alpha value is -3.06. The van der Waals surface area contributed by atoms with E-state index in [0.717, 1.165) is 5.56 Å². The smallest absolute Gasteiger partial charge is 0.263 e. The van der Waals surface area contributed by atoms with Gasteiger partial charge >= 0.3 is 0 Å². The maximum atomic E-state index is 12.9. The lowest BCUT2D eigenvalue weighted by atomic mass is 10.1. The molecule has 2 amide bonds. The van der Waals surface area contributed by atoms with Crippen LogP contribution >= 0.6 is 12.2 Å². The normalized spacial score (nSPS) is 14.0. The van der Waals surface area contributed by atoms with Crippen LogP contribution in [-0.4, -0.2) is 16.9 Å². The van der Waals surface area contributed by atoms with E-state index < -0.39 is 11.8 Å². The summed E-state index contributed by atoms with van der Waals surface area (Å²) in [6.45, 7) is 0.225. The summed E-state index contributed by atoms with van der Waals surface area (Å²) in [7, 11) is 0. The van der Waals surface area contributed by atoms with Crippen molar-refractivity contribution in [2.24, 2.45) is 0 Å². The Morgan fingerprint density at radius 2 is 1.64 bits per heavy atom. The van der Waals surface area contributed by atoms with Gasteiger partial charge in [-0.05, 0) is 42.1 Å². The molecule has 5 nitrogen and oxygen atoms in total. The highest BCUT2D eigenvalue weighted by atomic mass is 32.1. The van der Waals surface area contributed by atoms with Crippen LogP contribution in [0.1, 0.15) is 11.1 Å². The third-order valence-corrected chi connectivity index (χ3v) is 3.67. The number of hydrogen-bond acceptors (Lipinski definition) is 4. The van der Waals surface area contributed by atoms with Crippen LogP contribution in [0.2, 0.25) is 0 Å². The number of carbonyl (C=O) groups is 2. The van der Waals surface area contributed by atoms with Gasteiger partial charge in [0.05, 0.1) is 0 Å². The highest BCUT2D eigenvalue weighted by Crippen LogP contribution is 2.23. The Labute approximate surface area is 148 Å². The summed E-state index contributed by atoms with van der Waals surface area (Å²) in [4.78, 5) is 23.9. The molecule has 0 bridgehead atoms. The minimum absolute atomic E-state index is 0.0204. The van der Waals surface area contributed by atoms with Crippen molar-refractivity contribution in [3.05, 3.63) is 71.0 Å². The number of amides is 2. The maximum absolute atomic E-state index is 12.9. The minimum Gasteiger partial charge on any atom is -0.488 e. The second-order valence-corrected chi connectivity index (χ2v) is 5.66. The van der Waals surface area contributed by atoms with E-state index in [1.165, 1.54) is 18.2 Å². The molecule has 0 radical (unpaired) electrons. The molecule has 0 saturated carbocycles. The molecule has 1 heterocycles. The molecule has 1 saturated heterocycles. The fourth-order valence-electron chi connectivity index (χ4n) is 2.23. The molecule has 7 heteroatoms. The predicted octanol–water partition coefficient (Wildman–Crippen LogP) is 2.32. The quantitative estimate of drug-likeness (QED) is 0.501. The molecule has 126 valence electrons. The molecule has 0 aliphatic carbocycles. The molecule has 1 aliphatic rings. The Morgan fingerprint density at radius 3 is 2.32 bits per heavy atom. The summed E-state index contributed by atoms with van der Waals surface area (Å²) < 4.78 is 18.7. The van der Waals surface area contributed by atoms with Crippen LogP contribution in [0, 0.1) is 5.82 Å². The number of carbonyl (C=O) groups excluding carboxylic acids is 2. The van der Waals surface area contributed by atoms with E-state index in [0.29, 0.717) is 11.3 Å². The molecule has 0 spiro atoms. The fourth-order valence-corrected chi connectivity index (χ4v) is 2.42. The first-order valence-electron chi connectivity index (χ1n) is 7.37. The van der Waals surface area contributed by atoms with Crippen LogP contribution in [0.15, 0.2) is 54.1 Å². The summed E-state index contributed by atoms with van der Waals surface area (Å²) in [5.74, 6) is -0.960. The van der Waals surface area contributed by atoms with Crippen LogP contribution in [-0.2, 0) is 16.2 Å². The molecule has 0 unspecified atom stereocenters. The van der Waals surface area contributed by atoms with Gasteiger partial charge in [-0.15, -0.1) is 0 Å². The standard InChI is InChI=1S/C18H13FN2O3S/c19-13-7-5-11(6-8-13)10-24-15-4-2-1-3-12(15)9-14-16(22)20-18(25)21-17(14)23/h1-9H,10H2,(H2,20,21,22,23,25). The molecular formula is C18H13FN2O3S. The second-order valence-electron chi connectivity index (χ2n) is 5.25. The van der Waals surface area contributed by atoms with Gasteiger partial charge in [-0.1, -0.05) is 30.3 Å². The number of rotatable bonds is 4. The maximum Gasteiger partial charge on any atom is 0.263 e. The number of hydrogen-bond donors (Lipinski definition) is 2. The predicted molar refractivity (Wildman–Crippen MR) is 94.0 cm³/mol. The lowest BCUT2D eigenvalue weighted by Gasteiger charge is -2.17. The van der Waals surface area contributed by atoms with Crippen LogP contribution in [0.3, 0.4) is 0 Å². The number of para-hydroxylation sites is 1. The molecule has 2 N–H and O–H groups in total. The van der Waals surface area contributed by atoms with E-state index >= 15 is 0 Å². The number of nitrogens with one attached hydrogen (secondary N) is 2. The van der Waals surface area contributed by atoms with E-state index in [1.54, 1.807) is 36.4 Å². The van der Waals surface area contributed by atoms with Gasteiger partial charge < -0.3 is 4.74 Å². The third-order valence-electron chi connectivity index (χ3n) is 3.47. The van der Waals surface area contributed by atoms with Crippen LogP contribution < -0.4 is 15.4 Å². The van der Waals surface area contributed by atoms with Gasteiger partial charge in [0.1, 0.15) is 23.7 Å². The molecule has 3 rings (SSSR count). The fraction of sp³-hybridized carbons (Fsp3) is 0.0556. The first kappa shape index (κ1) is 16.8. The number of benzene rings is 2. The molecule has 2 aromatic rings. The Morgan fingerprint density at radius 1 is 1.00 bits per heavy atom. The average molecular weight is 356 g/mol. The van der Waals surface area contributed by atoms with E-state index in [-0.39, 0.29) is 23.1 Å². The molecule has 25 heavy (non-hydrogen) atoms. The van der Waals surface area contributed by atoms with Crippen molar-refractivity contribution in [1.82, 2.24) is 10.6 Å². The van der Waals surface area contributed by atoms with Gasteiger partial charge in [0.15, 0.2) is 5.11 Å². The zero-order valence-electron chi connectivity index (χ0n) is 12.9. The van der Waals surface area contributed by atoms with Gasteiger partial charge in [0, 0.05) is 5.56 Å². The van der Waals surface area contributed by atoms with Gasteiger partial charge in [0.25, 0.3) is 11.8 Å². The highest BCUT2D eigenvalue weighted by Gasteiger charge is 2.26. The van der Waals surface area contributed by atoms with Gasteiger partial charge in [-0.25, -0.2) is 4.39 Å². The monoisotopic (exact) mass is 356 g/mol. The summed E-state index contributed by atoms with van der Waals surface area (Å²) in [5.41, 5.74) is 1.30.